The Balaban J connectivity index is 2.31. The van der Waals surface area contributed by atoms with Gasteiger partial charge in [0.2, 0.25) is 17.1 Å². The summed E-state index contributed by atoms with van der Waals surface area (Å²) in [5.41, 5.74) is -3.34. The van der Waals surface area contributed by atoms with Gasteiger partial charge in [0.05, 0.1) is 24.1 Å². The van der Waals surface area contributed by atoms with Gasteiger partial charge in [-0.05, 0) is 19.8 Å². The summed E-state index contributed by atoms with van der Waals surface area (Å²) >= 11 is 0. The third-order valence-electron chi connectivity index (χ3n) is 5.23. The average molecular weight is 296 g/mol. The Hall–Kier alpha value is -2.36. The topological polar surface area (TPSA) is 114 Å². The first-order chi connectivity index (χ1) is 10.6. The molecule has 4 atom stereocenters. The molecule has 1 aliphatic carbocycles. The first kappa shape index (κ1) is 14.6. The zero-order valence-electron chi connectivity index (χ0n) is 12.3. The number of nitrogens with zero attached hydrogens (tertiary/aromatic N) is 3. The van der Waals surface area contributed by atoms with Crippen molar-refractivity contribution in [2.75, 3.05) is 0 Å². The van der Waals surface area contributed by atoms with Crippen molar-refractivity contribution in [1.82, 2.24) is 0 Å². The summed E-state index contributed by atoms with van der Waals surface area (Å²) in [4.78, 5) is 0. The molecule has 1 N–H and O–H groups in total. The average Bonchev–Trinajstić information content (AvgIpc) is 2.74. The molecule has 3 rings (SSSR count). The highest BCUT2D eigenvalue weighted by Crippen LogP contribution is 2.66. The van der Waals surface area contributed by atoms with Gasteiger partial charge in [-0.1, -0.05) is 18.6 Å². The summed E-state index contributed by atoms with van der Waals surface area (Å²) in [7, 11) is 0. The van der Waals surface area contributed by atoms with Crippen LogP contribution < -0.4 is 0 Å². The lowest BCUT2D eigenvalue weighted by atomic mass is 9.52. The van der Waals surface area contributed by atoms with Crippen molar-refractivity contribution in [3.05, 3.63) is 12.2 Å². The van der Waals surface area contributed by atoms with E-state index in [9.17, 15) is 15.8 Å². The zero-order valence-corrected chi connectivity index (χ0v) is 12.3. The van der Waals surface area contributed by atoms with Crippen molar-refractivity contribution < 1.29 is 9.47 Å². The van der Waals surface area contributed by atoms with E-state index in [0.29, 0.717) is 12.8 Å². The number of ether oxygens (including phenoxy) is 2. The van der Waals surface area contributed by atoms with E-state index in [1.807, 2.05) is 12.1 Å². The molecule has 4 unspecified atom stereocenters. The lowest BCUT2D eigenvalue weighted by Crippen LogP contribution is -2.62. The van der Waals surface area contributed by atoms with Crippen LogP contribution in [0.1, 0.15) is 32.6 Å². The third-order valence-corrected chi connectivity index (χ3v) is 5.23. The van der Waals surface area contributed by atoms with E-state index in [4.69, 9.17) is 14.9 Å². The predicted molar refractivity (Wildman–Crippen MR) is 74.9 cm³/mol. The van der Waals surface area contributed by atoms with Crippen LogP contribution in [0.15, 0.2) is 12.2 Å². The molecule has 0 aromatic heterocycles. The standard InChI is InChI=1S/C16H16N4O2/c1-2-5-12-14(8-17,9-18)15(10-19)11-6-3-4-7-16(11,21-12)22-13(15)20/h2,5,11-12,20H,3-4,6-7H2,1H3. The number of hydrogen-bond acceptors (Lipinski definition) is 6. The summed E-state index contributed by atoms with van der Waals surface area (Å²) in [5, 5.41) is 37.7. The SMILES string of the molecule is CC=CC1OC23CCCCC2C(C#N)(C(=N)O3)C1(C#N)C#N. The number of allylic oxidation sites excluding steroid dienone is 1. The smallest absolute Gasteiger partial charge is 0.217 e. The van der Waals surface area contributed by atoms with Gasteiger partial charge in [0.1, 0.15) is 6.10 Å². The molecule has 2 bridgehead atoms. The van der Waals surface area contributed by atoms with Crippen LogP contribution in [0, 0.1) is 56.2 Å². The van der Waals surface area contributed by atoms with Gasteiger partial charge >= 0.3 is 0 Å². The summed E-state index contributed by atoms with van der Waals surface area (Å²) in [5.74, 6) is -1.80. The second-order valence-electron chi connectivity index (χ2n) is 6.06. The van der Waals surface area contributed by atoms with Crippen LogP contribution in [0.2, 0.25) is 0 Å². The normalized spacial score (nSPS) is 41.8. The quantitative estimate of drug-likeness (QED) is 0.746. The fourth-order valence-corrected chi connectivity index (χ4v) is 4.24. The largest absolute Gasteiger partial charge is 0.447 e. The molecule has 1 saturated carbocycles. The van der Waals surface area contributed by atoms with E-state index in [1.165, 1.54) is 0 Å². The molecule has 0 amide bonds. The Morgan fingerprint density at radius 2 is 1.95 bits per heavy atom. The lowest BCUT2D eigenvalue weighted by molar-refractivity contribution is -0.280. The molecule has 112 valence electrons. The van der Waals surface area contributed by atoms with Gasteiger partial charge in [0, 0.05) is 6.42 Å². The van der Waals surface area contributed by atoms with Gasteiger partial charge in [-0.25, -0.2) is 0 Å². The highest BCUT2D eigenvalue weighted by Gasteiger charge is 2.79. The number of nitriles is 3. The summed E-state index contributed by atoms with van der Waals surface area (Å²) in [6.07, 6.45) is 5.37. The number of nitrogens with one attached hydrogen (secondary N) is 1. The van der Waals surface area contributed by atoms with Crippen molar-refractivity contribution in [3.63, 3.8) is 0 Å². The summed E-state index contributed by atoms with van der Waals surface area (Å²) < 4.78 is 11.8. The maximum absolute atomic E-state index is 9.91. The van der Waals surface area contributed by atoms with Crippen LogP contribution in [-0.4, -0.2) is 17.8 Å². The highest BCUT2D eigenvalue weighted by atomic mass is 16.7. The molecule has 6 nitrogen and oxygen atoms in total. The molecule has 22 heavy (non-hydrogen) atoms. The molecule has 3 fully saturated rings. The van der Waals surface area contributed by atoms with Crippen molar-refractivity contribution in [3.8, 4) is 18.2 Å². The fourth-order valence-electron chi connectivity index (χ4n) is 4.24. The molecule has 3 aliphatic rings. The van der Waals surface area contributed by atoms with Crippen molar-refractivity contribution in [1.29, 1.82) is 21.2 Å². The molecule has 2 aliphatic heterocycles. The second kappa shape index (κ2) is 4.57. The summed E-state index contributed by atoms with van der Waals surface area (Å²) in [6, 6.07) is 6.13. The molecular formula is C16H16N4O2. The molecule has 0 radical (unpaired) electrons. The van der Waals surface area contributed by atoms with E-state index in [2.05, 4.69) is 6.07 Å². The van der Waals surface area contributed by atoms with E-state index in [0.717, 1.165) is 12.8 Å². The molecule has 2 heterocycles. The summed E-state index contributed by atoms with van der Waals surface area (Å²) in [6.45, 7) is 1.76. The highest BCUT2D eigenvalue weighted by molar-refractivity contribution is 5.89. The van der Waals surface area contributed by atoms with E-state index < -0.39 is 28.6 Å². The Bertz CT molecular complexity index is 666. The Labute approximate surface area is 129 Å². The van der Waals surface area contributed by atoms with Gasteiger partial charge in [0.25, 0.3) is 0 Å². The van der Waals surface area contributed by atoms with Gasteiger partial charge in [-0.15, -0.1) is 0 Å². The third kappa shape index (κ3) is 1.33. The fraction of sp³-hybridized carbons (Fsp3) is 0.625. The van der Waals surface area contributed by atoms with Gasteiger partial charge in [0.15, 0.2) is 5.41 Å². The van der Waals surface area contributed by atoms with E-state index in [-0.39, 0.29) is 5.90 Å². The Kier molecular flexibility index (Phi) is 3.02. The van der Waals surface area contributed by atoms with Crippen molar-refractivity contribution >= 4 is 5.90 Å². The van der Waals surface area contributed by atoms with Crippen LogP contribution in [0.3, 0.4) is 0 Å². The van der Waals surface area contributed by atoms with Crippen LogP contribution in [0.25, 0.3) is 0 Å². The maximum Gasteiger partial charge on any atom is 0.217 e. The Morgan fingerprint density at radius 3 is 2.55 bits per heavy atom. The molecule has 0 aromatic rings. The van der Waals surface area contributed by atoms with Crippen molar-refractivity contribution in [2.45, 2.75) is 44.5 Å². The molecule has 0 aromatic carbocycles. The molecular weight excluding hydrogens is 280 g/mol. The van der Waals surface area contributed by atoms with Gasteiger partial charge in [-0.3, -0.25) is 5.41 Å². The number of rotatable bonds is 1. The predicted octanol–water partition coefficient (Wildman–Crippen LogP) is 2.40. The van der Waals surface area contributed by atoms with Crippen LogP contribution in [0.4, 0.5) is 0 Å². The molecule has 0 spiro atoms. The Morgan fingerprint density at radius 1 is 1.23 bits per heavy atom. The van der Waals surface area contributed by atoms with E-state index >= 15 is 0 Å². The van der Waals surface area contributed by atoms with Gasteiger partial charge in [-0.2, -0.15) is 15.8 Å². The zero-order chi connectivity index (χ0) is 16.0. The minimum Gasteiger partial charge on any atom is -0.447 e. The van der Waals surface area contributed by atoms with Crippen LogP contribution in [0.5, 0.6) is 0 Å². The molecule has 6 heteroatoms. The first-order valence-electron chi connectivity index (χ1n) is 7.39. The lowest BCUT2D eigenvalue weighted by Gasteiger charge is -2.50. The van der Waals surface area contributed by atoms with Crippen LogP contribution >= 0.6 is 0 Å². The monoisotopic (exact) mass is 296 g/mol. The van der Waals surface area contributed by atoms with Gasteiger partial charge < -0.3 is 9.47 Å². The minimum absolute atomic E-state index is 0.294. The minimum atomic E-state index is -1.77. The maximum atomic E-state index is 9.91. The second-order valence-corrected chi connectivity index (χ2v) is 6.06. The van der Waals surface area contributed by atoms with Crippen molar-refractivity contribution in [2.24, 2.45) is 16.7 Å². The first-order valence-corrected chi connectivity index (χ1v) is 7.39. The molecule has 2 saturated heterocycles. The van der Waals surface area contributed by atoms with E-state index in [1.54, 1.807) is 19.1 Å². The number of hydrogen-bond donors (Lipinski definition) is 1. The van der Waals surface area contributed by atoms with Crippen LogP contribution in [-0.2, 0) is 9.47 Å².